The summed E-state index contributed by atoms with van der Waals surface area (Å²) in [6.45, 7) is 0. The minimum absolute atomic E-state index is 0.955. The molecule has 1 heterocycles. The molecule has 0 radical (unpaired) electrons. The first-order chi connectivity index (χ1) is 13.3. The van der Waals surface area contributed by atoms with Crippen LogP contribution in [0, 0.1) is 0 Å². The van der Waals surface area contributed by atoms with Crippen LogP contribution in [-0.2, 0) is 0 Å². The van der Waals surface area contributed by atoms with Gasteiger partial charge in [-0.15, -0.1) is 0 Å². The minimum atomic E-state index is -2.46. The molecule has 3 heteroatoms. The molecular formula is C24H17BrOSi. The van der Waals surface area contributed by atoms with Crippen LogP contribution in [0.5, 0.6) is 11.5 Å². The third-order valence-corrected chi connectivity index (χ3v) is 10.6. The van der Waals surface area contributed by atoms with E-state index in [1.54, 1.807) is 0 Å². The van der Waals surface area contributed by atoms with E-state index in [0.29, 0.717) is 0 Å². The molecule has 0 bridgehead atoms. The van der Waals surface area contributed by atoms with Gasteiger partial charge >= 0.3 is 0 Å². The SMILES string of the molecule is Brc1ccc2c(c1)[Si](c1ccccc1)(c1ccccc1)c1ccccc1O2. The van der Waals surface area contributed by atoms with Crippen LogP contribution in [0.15, 0.2) is 108 Å². The van der Waals surface area contributed by atoms with E-state index in [1.807, 2.05) is 0 Å². The van der Waals surface area contributed by atoms with Crippen molar-refractivity contribution in [3.8, 4) is 11.5 Å². The van der Waals surface area contributed by atoms with E-state index in [0.717, 1.165) is 16.0 Å². The summed E-state index contributed by atoms with van der Waals surface area (Å²) in [5, 5.41) is 5.32. The maximum Gasteiger partial charge on any atom is 0.188 e. The predicted octanol–water partition coefficient (Wildman–Crippen LogP) is 3.93. The molecule has 0 saturated carbocycles. The molecule has 0 amide bonds. The number of halogens is 1. The second-order valence-corrected chi connectivity index (χ2v) is 11.4. The number of benzene rings is 4. The fraction of sp³-hybridized carbons (Fsp3) is 0. The molecule has 27 heavy (non-hydrogen) atoms. The van der Waals surface area contributed by atoms with Crippen molar-refractivity contribution in [2.45, 2.75) is 0 Å². The lowest BCUT2D eigenvalue weighted by Gasteiger charge is -2.39. The Morgan fingerprint density at radius 1 is 0.556 bits per heavy atom. The fourth-order valence-electron chi connectivity index (χ4n) is 4.18. The van der Waals surface area contributed by atoms with E-state index in [4.69, 9.17) is 4.74 Å². The van der Waals surface area contributed by atoms with Crippen molar-refractivity contribution in [2.75, 3.05) is 0 Å². The molecule has 0 unspecified atom stereocenters. The van der Waals surface area contributed by atoms with E-state index >= 15 is 0 Å². The van der Waals surface area contributed by atoms with Gasteiger partial charge in [0.05, 0.1) is 0 Å². The van der Waals surface area contributed by atoms with Crippen LogP contribution in [-0.4, -0.2) is 8.07 Å². The summed E-state index contributed by atoms with van der Waals surface area (Å²) in [6, 6.07) is 36.7. The Bertz CT molecular complexity index is 1070. The molecule has 5 rings (SSSR count). The van der Waals surface area contributed by atoms with Crippen LogP contribution in [0.2, 0.25) is 0 Å². The van der Waals surface area contributed by atoms with Crippen molar-refractivity contribution in [3.05, 3.63) is 108 Å². The highest BCUT2D eigenvalue weighted by Crippen LogP contribution is 2.30. The van der Waals surface area contributed by atoms with Gasteiger partial charge in [0.1, 0.15) is 11.5 Å². The molecule has 0 saturated heterocycles. The van der Waals surface area contributed by atoms with Crippen molar-refractivity contribution in [1.29, 1.82) is 0 Å². The van der Waals surface area contributed by atoms with Gasteiger partial charge in [-0.25, -0.2) is 0 Å². The van der Waals surface area contributed by atoms with Crippen LogP contribution >= 0.6 is 15.9 Å². The Kier molecular flexibility index (Phi) is 3.99. The second-order valence-electron chi connectivity index (χ2n) is 6.72. The minimum Gasteiger partial charge on any atom is -0.458 e. The predicted molar refractivity (Wildman–Crippen MR) is 118 cm³/mol. The van der Waals surface area contributed by atoms with Crippen LogP contribution in [0.1, 0.15) is 0 Å². The highest BCUT2D eigenvalue weighted by atomic mass is 79.9. The summed E-state index contributed by atoms with van der Waals surface area (Å²) in [4.78, 5) is 0. The van der Waals surface area contributed by atoms with Crippen LogP contribution < -0.4 is 25.5 Å². The molecule has 4 aromatic rings. The number of para-hydroxylation sites is 1. The summed E-state index contributed by atoms with van der Waals surface area (Å²) >= 11 is 3.69. The van der Waals surface area contributed by atoms with Crippen molar-refractivity contribution in [3.63, 3.8) is 0 Å². The number of hydrogen-bond donors (Lipinski definition) is 0. The third kappa shape index (κ3) is 2.50. The molecule has 1 aliphatic heterocycles. The quantitative estimate of drug-likeness (QED) is 0.387. The molecule has 0 N–H and O–H groups in total. The fourth-order valence-corrected chi connectivity index (χ4v) is 9.73. The third-order valence-electron chi connectivity index (χ3n) is 5.27. The first-order valence-corrected chi connectivity index (χ1v) is 11.8. The molecule has 130 valence electrons. The normalized spacial score (nSPS) is 14.0. The van der Waals surface area contributed by atoms with Crippen LogP contribution in [0.3, 0.4) is 0 Å². The Balaban J connectivity index is 1.98. The van der Waals surface area contributed by atoms with Crippen molar-refractivity contribution in [1.82, 2.24) is 0 Å². The van der Waals surface area contributed by atoms with Crippen LogP contribution in [0.4, 0.5) is 0 Å². The van der Waals surface area contributed by atoms with E-state index in [2.05, 4.69) is 119 Å². The van der Waals surface area contributed by atoms with Gasteiger partial charge in [0.2, 0.25) is 0 Å². The Hall–Kier alpha value is -2.62. The monoisotopic (exact) mass is 428 g/mol. The average molecular weight is 429 g/mol. The summed E-state index contributed by atoms with van der Waals surface area (Å²) in [7, 11) is -2.46. The molecule has 0 aliphatic carbocycles. The summed E-state index contributed by atoms with van der Waals surface area (Å²) in [5.41, 5.74) is 0. The highest BCUT2D eigenvalue weighted by molar-refractivity contribution is 9.10. The maximum absolute atomic E-state index is 6.34. The van der Waals surface area contributed by atoms with E-state index in [-0.39, 0.29) is 0 Å². The number of fused-ring (bicyclic) bond motifs is 2. The summed E-state index contributed by atoms with van der Waals surface area (Å²) in [6.07, 6.45) is 0. The Labute approximate surface area is 168 Å². The smallest absolute Gasteiger partial charge is 0.188 e. The highest BCUT2D eigenvalue weighted by Gasteiger charge is 2.47. The number of rotatable bonds is 2. The lowest BCUT2D eigenvalue weighted by Crippen LogP contribution is -2.76. The summed E-state index contributed by atoms with van der Waals surface area (Å²) < 4.78 is 7.42. The molecular weight excluding hydrogens is 412 g/mol. The van der Waals surface area contributed by atoms with Crippen molar-refractivity contribution in [2.24, 2.45) is 0 Å². The largest absolute Gasteiger partial charge is 0.458 e. The topological polar surface area (TPSA) is 9.23 Å². The van der Waals surface area contributed by atoms with Crippen molar-refractivity contribution < 1.29 is 4.74 Å². The first kappa shape index (κ1) is 16.5. The van der Waals surface area contributed by atoms with E-state index in [9.17, 15) is 0 Å². The lowest BCUT2D eigenvalue weighted by molar-refractivity contribution is 0.487. The maximum atomic E-state index is 6.34. The average Bonchev–Trinajstić information content (AvgIpc) is 2.73. The zero-order valence-corrected chi connectivity index (χ0v) is 17.2. The van der Waals surface area contributed by atoms with Gasteiger partial charge in [-0.3, -0.25) is 0 Å². The molecule has 4 aromatic carbocycles. The Morgan fingerprint density at radius 3 is 1.78 bits per heavy atom. The lowest BCUT2D eigenvalue weighted by atomic mass is 10.3. The van der Waals surface area contributed by atoms with E-state index in [1.165, 1.54) is 20.7 Å². The zero-order valence-electron chi connectivity index (χ0n) is 14.6. The Morgan fingerprint density at radius 2 is 1.11 bits per heavy atom. The van der Waals surface area contributed by atoms with Gasteiger partial charge in [-0.2, -0.15) is 0 Å². The molecule has 1 aliphatic rings. The summed E-state index contributed by atoms with van der Waals surface area (Å²) in [5.74, 6) is 1.92. The van der Waals surface area contributed by atoms with Gasteiger partial charge in [0.25, 0.3) is 0 Å². The second kappa shape index (κ2) is 6.52. The first-order valence-electron chi connectivity index (χ1n) is 8.98. The van der Waals surface area contributed by atoms with Gasteiger partial charge in [-0.1, -0.05) is 94.8 Å². The van der Waals surface area contributed by atoms with Gasteiger partial charge < -0.3 is 4.74 Å². The number of hydrogen-bond acceptors (Lipinski definition) is 1. The number of ether oxygens (including phenoxy) is 1. The van der Waals surface area contributed by atoms with Crippen molar-refractivity contribution >= 4 is 44.8 Å². The molecule has 0 aromatic heterocycles. The molecule has 1 nitrogen and oxygen atoms in total. The zero-order chi connectivity index (χ0) is 18.3. The molecule has 0 fully saturated rings. The van der Waals surface area contributed by atoms with Gasteiger partial charge in [0, 0.05) is 4.47 Å². The molecule has 0 atom stereocenters. The van der Waals surface area contributed by atoms with Gasteiger partial charge in [-0.05, 0) is 45.0 Å². The van der Waals surface area contributed by atoms with Crippen LogP contribution in [0.25, 0.3) is 0 Å². The molecule has 0 spiro atoms. The standard InChI is InChI=1S/C24H17BrOSi/c25-18-15-16-22-24(17-18)27(19-9-3-1-4-10-19,20-11-5-2-6-12-20)23-14-8-7-13-21(23)26-22/h1-17H. The van der Waals surface area contributed by atoms with Gasteiger partial charge in [0.15, 0.2) is 8.07 Å². The van der Waals surface area contributed by atoms with E-state index < -0.39 is 8.07 Å².